The Morgan fingerprint density at radius 3 is 2.42 bits per heavy atom. The molecule has 0 saturated heterocycles. The van der Waals surface area contributed by atoms with Crippen molar-refractivity contribution in [2.24, 2.45) is 17.8 Å². The first-order valence-electron chi connectivity index (χ1n) is 8.00. The quantitative estimate of drug-likeness (QED) is 0.803. The van der Waals surface area contributed by atoms with Crippen LogP contribution in [0.3, 0.4) is 0 Å². The Morgan fingerprint density at radius 1 is 1.26 bits per heavy atom. The molecule has 112 valence electrons. The molecular weight excluding hydrogens is 236 g/mol. The van der Waals surface area contributed by atoms with E-state index >= 15 is 0 Å². The predicted octanol–water partition coefficient (Wildman–Crippen LogP) is 2.91. The van der Waals surface area contributed by atoms with Crippen LogP contribution in [0.2, 0.25) is 0 Å². The second-order valence-corrected chi connectivity index (χ2v) is 6.38. The van der Waals surface area contributed by atoms with Crippen molar-refractivity contribution >= 4 is 5.91 Å². The number of carbonyl (C=O) groups is 1. The lowest BCUT2D eigenvalue weighted by atomic mass is 9.74. The van der Waals surface area contributed by atoms with E-state index in [-0.39, 0.29) is 5.91 Å². The van der Waals surface area contributed by atoms with Crippen LogP contribution in [0.25, 0.3) is 0 Å². The number of hydrogen-bond donors (Lipinski definition) is 1. The third-order valence-corrected chi connectivity index (χ3v) is 4.65. The minimum Gasteiger partial charge on any atom is -0.342 e. The van der Waals surface area contributed by atoms with Crippen LogP contribution in [0.15, 0.2) is 0 Å². The van der Waals surface area contributed by atoms with Gasteiger partial charge in [0.05, 0.1) is 6.54 Å². The largest absolute Gasteiger partial charge is 0.342 e. The minimum absolute atomic E-state index is 0.241. The molecule has 1 fully saturated rings. The highest BCUT2D eigenvalue weighted by Gasteiger charge is 2.30. The Labute approximate surface area is 119 Å². The lowest BCUT2D eigenvalue weighted by Gasteiger charge is -2.38. The summed E-state index contributed by atoms with van der Waals surface area (Å²) >= 11 is 0. The van der Waals surface area contributed by atoms with E-state index in [1.165, 1.54) is 19.3 Å². The van der Waals surface area contributed by atoms with Gasteiger partial charge in [-0.25, -0.2) is 0 Å². The molecule has 19 heavy (non-hydrogen) atoms. The van der Waals surface area contributed by atoms with Gasteiger partial charge in [0.1, 0.15) is 0 Å². The molecule has 0 bridgehead atoms. The summed E-state index contributed by atoms with van der Waals surface area (Å²) < 4.78 is 0. The van der Waals surface area contributed by atoms with Crippen molar-refractivity contribution in [1.29, 1.82) is 0 Å². The van der Waals surface area contributed by atoms with Gasteiger partial charge in [0.25, 0.3) is 0 Å². The second-order valence-electron chi connectivity index (χ2n) is 6.38. The average Bonchev–Trinajstić information content (AvgIpc) is 2.37. The van der Waals surface area contributed by atoms with Crippen molar-refractivity contribution < 1.29 is 4.79 Å². The summed E-state index contributed by atoms with van der Waals surface area (Å²) in [7, 11) is 0. The second kappa shape index (κ2) is 7.88. The Balaban J connectivity index is 2.50. The molecule has 1 aliphatic carbocycles. The van der Waals surface area contributed by atoms with Crippen molar-refractivity contribution in [3.63, 3.8) is 0 Å². The highest BCUT2D eigenvalue weighted by Crippen LogP contribution is 2.33. The predicted molar refractivity (Wildman–Crippen MR) is 81.1 cm³/mol. The molecule has 0 aromatic rings. The molecule has 1 aliphatic rings. The van der Waals surface area contributed by atoms with Crippen LogP contribution in [0.1, 0.15) is 53.9 Å². The molecule has 0 spiro atoms. The Morgan fingerprint density at radius 2 is 1.89 bits per heavy atom. The summed E-state index contributed by atoms with van der Waals surface area (Å²) in [4.78, 5) is 14.0. The minimum atomic E-state index is 0.241. The number of likely N-dealkylation sites (N-methyl/N-ethyl adjacent to an activating group) is 1. The van der Waals surface area contributed by atoms with E-state index in [1.54, 1.807) is 0 Å². The summed E-state index contributed by atoms with van der Waals surface area (Å²) in [6.45, 7) is 13.2. The molecule has 0 aromatic heterocycles. The molecule has 3 heteroatoms. The summed E-state index contributed by atoms with van der Waals surface area (Å²) in [5.41, 5.74) is 0. The first kappa shape index (κ1) is 16.5. The lowest BCUT2D eigenvalue weighted by molar-refractivity contribution is -0.130. The van der Waals surface area contributed by atoms with E-state index < -0.39 is 0 Å². The summed E-state index contributed by atoms with van der Waals surface area (Å²) in [5, 5.41) is 3.54. The van der Waals surface area contributed by atoms with Gasteiger partial charge in [0.15, 0.2) is 0 Å². The topological polar surface area (TPSA) is 32.3 Å². The van der Waals surface area contributed by atoms with E-state index in [0.29, 0.717) is 18.5 Å². The molecule has 1 saturated carbocycles. The van der Waals surface area contributed by atoms with Crippen molar-refractivity contribution in [3.8, 4) is 0 Å². The molecule has 1 rings (SSSR count). The summed E-state index contributed by atoms with van der Waals surface area (Å²) in [6, 6.07) is 0.517. The number of nitrogens with one attached hydrogen (secondary N) is 1. The van der Waals surface area contributed by atoms with Gasteiger partial charge in [-0.2, -0.15) is 0 Å². The first-order valence-corrected chi connectivity index (χ1v) is 8.00. The highest BCUT2D eigenvalue weighted by atomic mass is 16.2. The van der Waals surface area contributed by atoms with Gasteiger partial charge in [-0.3, -0.25) is 4.79 Å². The van der Waals surface area contributed by atoms with E-state index in [9.17, 15) is 4.79 Å². The molecule has 1 amide bonds. The van der Waals surface area contributed by atoms with E-state index in [0.717, 1.165) is 24.9 Å². The van der Waals surface area contributed by atoms with Crippen LogP contribution >= 0.6 is 0 Å². The third kappa shape index (κ3) is 4.79. The number of carbonyl (C=O) groups excluding carboxylic acids is 1. The van der Waals surface area contributed by atoms with Crippen molar-refractivity contribution in [3.05, 3.63) is 0 Å². The molecule has 0 aliphatic heterocycles. The third-order valence-electron chi connectivity index (χ3n) is 4.65. The molecule has 0 radical (unpaired) electrons. The van der Waals surface area contributed by atoms with Gasteiger partial charge in [0, 0.05) is 19.1 Å². The fraction of sp³-hybridized carbons (Fsp3) is 0.938. The standard InChI is InChI=1S/C16H32N2O/c1-6-18(7-2)16(19)11-17-15-10-13(5)8-9-14(15)12(3)4/h12-15,17H,6-11H2,1-5H3/t13-,14+,15-/m1/s1. The molecule has 0 unspecified atom stereocenters. The molecular formula is C16H32N2O. The highest BCUT2D eigenvalue weighted by molar-refractivity contribution is 5.78. The lowest BCUT2D eigenvalue weighted by Crippen LogP contribution is -2.47. The van der Waals surface area contributed by atoms with Crippen molar-refractivity contribution in [1.82, 2.24) is 10.2 Å². The fourth-order valence-electron chi connectivity index (χ4n) is 3.34. The first-order chi connectivity index (χ1) is 8.99. The number of hydrogen-bond acceptors (Lipinski definition) is 2. The van der Waals surface area contributed by atoms with Crippen LogP contribution in [0.5, 0.6) is 0 Å². The number of amides is 1. The van der Waals surface area contributed by atoms with Gasteiger partial charge in [-0.05, 0) is 44.4 Å². The molecule has 0 heterocycles. The summed E-state index contributed by atoms with van der Waals surface area (Å²) in [6.07, 6.45) is 3.86. The number of nitrogens with zero attached hydrogens (tertiary/aromatic N) is 1. The monoisotopic (exact) mass is 268 g/mol. The van der Waals surface area contributed by atoms with Gasteiger partial charge in [-0.15, -0.1) is 0 Å². The van der Waals surface area contributed by atoms with Gasteiger partial charge >= 0.3 is 0 Å². The SMILES string of the molecule is CCN(CC)C(=O)CN[C@@H]1C[C@H](C)CC[C@H]1C(C)C. The van der Waals surface area contributed by atoms with Gasteiger partial charge < -0.3 is 10.2 Å². The van der Waals surface area contributed by atoms with Gasteiger partial charge in [0.2, 0.25) is 5.91 Å². The van der Waals surface area contributed by atoms with E-state index in [1.807, 2.05) is 18.7 Å². The number of rotatable bonds is 6. The fourth-order valence-corrected chi connectivity index (χ4v) is 3.34. The van der Waals surface area contributed by atoms with Crippen LogP contribution < -0.4 is 5.32 Å². The van der Waals surface area contributed by atoms with Crippen LogP contribution in [-0.4, -0.2) is 36.5 Å². The summed E-state index contributed by atoms with van der Waals surface area (Å²) in [5.74, 6) is 2.45. The van der Waals surface area contributed by atoms with E-state index in [2.05, 4.69) is 26.1 Å². The molecule has 3 atom stereocenters. The van der Waals surface area contributed by atoms with Crippen LogP contribution in [-0.2, 0) is 4.79 Å². The Kier molecular flexibility index (Phi) is 6.84. The maximum atomic E-state index is 12.1. The van der Waals surface area contributed by atoms with Crippen LogP contribution in [0, 0.1) is 17.8 Å². The maximum absolute atomic E-state index is 12.1. The Bertz CT molecular complexity index is 274. The molecule has 1 N–H and O–H groups in total. The zero-order valence-corrected chi connectivity index (χ0v) is 13.4. The normalized spacial score (nSPS) is 27.6. The van der Waals surface area contributed by atoms with Crippen molar-refractivity contribution in [2.75, 3.05) is 19.6 Å². The smallest absolute Gasteiger partial charge is 0.236 e. The zero-order chi connectivity index (χ0) is 14.4. The van der Waals surface area contributed by atoms with Crippen LogP contribution in [0.4, 0.5) is 0 Å². The molecule has 3 nitrogen and oxygen atoms in total. The maximum Gasteiger partial charge on any atom is 0.236 e. The zero-order valence-electron chi connectivity index (χ0n) is 13.4. The van der Waals surface area contributed by atoms with Crippen molar-refractivity contribution in [2.45, 2.75) is 59.9 Å². The van der Waals surface area contributed by atoms with Gasteiger partial charge in [-0.1, -0.05) is 27.2 Å². The Hall–Kier alpha value is -0.570. The average molecular weight is 268 g/mol. The molecule has 0 aromatic carbocycles. The van der Waals surface area contributed by atoms with E-state index in [4.69, 9.17) is 0 Å².